The molecule has 150 valence electrons. The normalized spacial score (nSPS) is 16.1. The Labute approximate surface area is 174 Å². The zero-order valence-electron chi connectivity index (χ0n) is 16.4. The number of aromatic nitrogens is 3. The Bertz CT molecular complexity index is 968. The van der Waals surface area contributed by atoms with E-state index in [9.17, 15) is 4.79 Å². The van der Waals surface area contributed by atoms with Crippen molar-refractivity contribution in [3.05, 3.63) is 60.2 Å². The van der Waals surface area contributed by atoms with Crippen molar-refractivity contribution in [2.24, 2.45) is 0 Å². The maximum Gasteiger partial charge on any atom is 0.230 e. The number of carbonyl (C=O) groups excluding carboxylic acids is 1. The van der Waals surface area contributed by atoms with E-state index in [1.807, 2.05) is 47.0 Å². The van der Waals surface area contributed by atoms with Crippen LogP contribution in [0.25, 0.3) is 17.1 Å². The van der Waals surface area contributed by atoms with Gasteiger partial charge in [0.25, 0.3) is 0 Å². The van der Waals surface area contributed by atoms with Crippen molar-refractivity contribution in [1.82, 2.24) is 20.1 Å². The van der Waals surface area contributed by atoms with Gasteiger partial charge in [-0.2, -0.15) is 0 Å². The third kappa shape index (κ3) is 4.86. The minimum atomic E-state index is -0.0226. The summed E-state index contributed by atoms with van der Waals surface area (Å²) in [4.78, 5) is 12.3. The monoisotopic (exact) mass is 408 g/mol. The number of benzene rings is 2. The summed E-state index contributed by atoms with van der Waals surface area (Å²) in [5.41, 5.74) is 3.12. The van der Waals surface area contributed by atoms with Gasteiger partial charge in [0.1, 0.15) is 0 Å². The first-order chi connectivity index (χ1) is 14.2. The highest BCUT2D eigenvalue weighted by Crippen LogP contribution is 2.28. The second-order valence-corrected chi connectivity index (χ2v) is 8.02. The van der Waals surface area contributed by atoms with Gasteiger partial charge in [0.2, 0.25) is 5.91 Å². The quantitative estimate of drug-likeness (QED) is 0.605. The van der Waals surface area contributed by atoms with E-state index in [0.29, 0.717) is 11.7 Å². The molecule has 1 aliphatic rings. The molecule has 0 radical (unpaired) electrons. The van der Waals surface area contributed by atoms with Crippen LogP contribution in [0.3, 0.4) is 0 Å². The van der Waals surface area contributed by atoms with Crippen LogP contribution in [0.1, 0.15) is 18.4 Å². The molecule has 1 aliphatic heterocycles. The fraction of sp³-hybridized carbons (Fsp3) is 0.318. The second-order valence-electron chi connectivity index (χ2n) is 7.07. The fourth-order valence-corrected chi connectivity index (χ4v) is 4.13. The van der Waals surface area contributed by atoms with Crippen molar-refractivity contribution >= 4 is 17.7 Å². The second kappa shape index (κ2) is 9.24. The van der Waals surface area contributed by atoms with Crippen molar-refractivity contribution in [3.8, 4) is 17.1 Å². The number of nitrogens with one attached hydrogen (secondary N) is 1. The molecule has 1 atom stereocenters. The summed E-state index contributed by atoms with van der Waals surface area (Å²) in [6, 6.07) is 18.2. The van der Waals surface area contributed by atoms with Crippen molar-refractivity contribution in [1.29, 1.82) is 0 Å². The maximum atomic E-state index is 12.3. The topological polar surface area (TPSA) is 69.0 Å². The molecule has 0 bridgehead atoms. The molecule has 0 unspecified atom stereocenters. The molecule has 1 aromatic heterocycles. The predicted molar refractivity (Wildman–Crippen MR) is 114 cm³/mol. The summed E-state index contributed by atoms with van der Waals surface area (Å²) >= 11 is 1.39. The van der Waals surface area contributed by atoms with Crippen molar-refractivity contribution < 1.29 is 9.53 Å². The third-order valence-corrected chi connectivity index (χ3v) is 5.74. The van der Waals surface area contributed by atoms with Crippen LogP contribution in [0.2, 0.25) is 0 Å². The van der Waals surface area contributed by atoms with Gasteiger partial charge in [0, 0.05) is 24.4 Å². The molecule has 6 nitrogen and oxygen atoms in total. The molecule has 3 aromatic rings. The molecular formula is C22H24N4O2S. The lowest BCUT2D eigenvalue weighted by Gasteiger charge is -2.12. The van der Waals surface area contributed by atoms with Gasteiger partial charge in [-0.05, 0) is 37.5 Å². The number of rotatable bonds is 7. The van der Waals surface area contributed by atoms with Crippen LogP contribution in [0.4, 0.5) is 0 Å². The van der Waals surface area contributed by atoms with Gasteiger partial charge < -0.3 is 10.1 Å². The predicted octanol–water partition coefficient (Wildman–Crippen LogP) is 3.63. The Morgan fingerprint density at radius 2 is 2.07 bits per heavy atom. The molecule has 7 heteroatoms. The molecule has 0 spiro atoms. The Hall–Kier alpha value is -2.64. The molecule has 1 fully saturated rings. The molecule has 29 heavy (non-hydrogen) atoms. The van der Waals surface area contributed by atoms with Gasteiger partial charge >= 0.3 is 0 Å². The van der Waals surface area contributed by atoms with E-state index < -0.39 is 0 Å². The van der Waals surface area contributed by atoms with E-state index in [2.05, 4.69) is 34.6 Å². The van der Waals surface area contributed by atoms with E-state index in [1.165, 1.54) is 11.8 Å². The Balaban J connectivity index is 1.53. The fourth-order valence-electron chi connectivity index (χ4n) is 3.35. The van der Waals surface area contributed by atoms with Crippen LogP contribution in [-0.2, 0) is 9.53 Å². The minimum Gasteiger partial charge on any atom is -0.376 e. The zero-order chi connectivity index (χ0) is 20.1. The number of aryl methyl sites for hydroxylation is 1. The van der Waals surface area contributed by atoms with Gasteiger partial charge in [0.15, 0.2) is 11.0 Å². The number of hydrogen-bond acceptors (Lipinski definition) is 5. The smallest absolute Gasteiger partial charge is 0.230 e. The number of ether oxygens (including phenoxy) is 1. The van der Waals surface area contributed by atoms with Crippen molar-refractivity contribution in [2.45, 2.75) is 31.0 Å². The molecular weight excluding hydrogens is 384 g/mol. The lowest BCUT2D eigenvalue weighted by molar-refractivity contribution is -0.119. The molecule has 1 amide bonds. The maximum absolute atomic E-state index is 12.3. The van der Waals surface area contributed by atoms with Crippen LogP contribution in [0, 0.1) is 6.92 Å². The highest BCUT2D eigenvalue weighted by atomic mass is 32.2. The standard InChI is InChI=1S/C22H24N4O2S/c1-16-7-5-10-18(13-16)26-21(17-8-3-2-4-9-17)24-25-22(26)29-15-20(27)23-14-19-11-6-12-28-19/h2-5,7-10,13,19H,6,11-12,14-15H2,1H3,(H,23,27)/t19-/m0/s1. The van der Waals surface area contributed by atoms with Gasteiger partial charge in [0.05, 0.1) is 11.9 Å². The Morgan fingerprint density at radius 3 is 2.83 bits per heavy atom. The minimum absolute atomic E-state index is 0.0226. The Morgan fingerprint density at radius 1 is 1.21 bits per heavy atom. The number of thioether (sulfide) groups is 1. The molecule has 4 rings (SSSR count). The first-order valence-corrected chi connectivity index (χ1v) is 10.8. The highest BCUT2D eigenvalue weighted by Gasteiger charge is 2.19. The summed E-state index contributed by atoms with van der Waals surface area (Å²) < 4.78 is 7.57. The van der Waals surface area contributed by atoms with E-state index in [-0.39, 0.29) is 17.8 Å². The molecule has 1 saturated heterocycles. The average molecular weight is 409 g/mol. The molecule has 1 N–H and O–H groups in total. The lowest BCUT2D eigenvalue weighted by Crippen LogP contribution is -2.32. The van der Waals surface area contributed by atoms with E-state index in [4.69, 9.17) is 4.74 Å². The first-order valence-electron chi connectivity index (χ1n) is 9.79. The Kier molecular flexibility index (Phi) is 6.27. The summed E-state index contributed by atoms with van der Waals surface area (Å²) in [7, 11) is 0. The molecule has 0 saturated carbocycles. The first kappa shape index (κ1) is 19.7. The zero-order valence-corrected chi connectivity index (χ0v) is 17.2. The van der Waals surface area contributed by atoms with Crippen molar-refractivity contribution in [3.63, 3.8) is 0 Å². The highest BCUT2D eigenvalue weighted by molar-refractivity contribution is 7.99. The number of hydrogen-bond donors (Lipinski definition) is 1. The van der Waals surface area contributed by atoms with E-state index >= 15 is 0 Å². The van der Waals surface area contributed by atoms with Crippen LogP contribution >= 0.6 is 11.8 Å². The lowest BCUT2D eigenvalue weighted by atomic mass is 10.2. The SMILES string of the molecule is Cc1cccc(-n2c(SCC(=O)NC[C@@H]3CCCO3)nnc2-c2ccccc2)c1. The van der Waals surface area contributed by atoms with E-state index in [0.717, 1.165) is 42.1 Å². The summed E-state index contributed by atoms with van der Waals surface area (Å²) in [6.45, 7) is 3.41. The summed E-state index contributed by atoms with van der Waals surface area (Å²) in [5.74, 6) is 1.02. The third-order valence-electron chi connectivity index (χ3n) is 4.81. The molecule has 2 heterocycles. The largest absolute Gasteiger partial charge is 0.376 e. The number of amides is 1. The van der Waals surface area contributed by atoms with Gasteiger partial charge in [-0.15, -0.1) is 10.2 Å². The molecule has 0 aliphatic carbocycles. The van der Waals surface area contributed by atoms with Gasteiger partial charge in [-0.1, -0.05) is 54.2 Å². The van der Waals surface area contributed by atoms with Crippen LogP contribution in [0.15, 0.2) is 59.8 Å². The van der Waals surface area contributed by atoms with Crippen LogP contribution in [-0.4, -0.2) is 45.7 Å². The van der Waals surface area contributed by atoms with Crippen LogP contribution < -0.4 is 5.32 Å². The van der Waals surface area contributed by atoms with Gasteiger partial charge in [-0.25, -0.2) is 0 Å². The number of carbonyl (C=O) groups is 1. The van der Waals surface area contributed by atoms with Gasteiger partial charge in [-0.3, -0.25) is 9.36 Å². The van der Waals surface area contributed by atoms with E-state index in [1.54, 1.807) is 0 Å². The van der Waals surface area contributed by atoms with Crippen LogP contribution in [0.5, 0.6) is 0 Å². The summed E-state index contributed by atoms with van der Waals surface area (Å²) in [5, 5.41) is 12.5. The molecule has 2 aromatic carbocycles. The summed E-state index contributed by atoms with van der Waals surface area (Å²) in [6.07, 6.45) is 2.22. The average Bonchev–Trinajstić information content (AvgIpc) is 3.41. The number of nitrogens with zero attached hydrogens (tertiary/aromatic N) is 3. The van der Waals surface area contributed by atoms with Crippen molar-refractivity contribution in [2.75, 3.05) is 18.9 Å².